The summed E-state index contributed by atoms with van der Waals surface area (Å²) in [4.78, 5) is 0. The second kappa shape index (κ2) is 9.34. The molecule has 1 rings (SSSR count). The van der Waals surface area contributed by atoms with Gasteiger partial charge >= 0.3 is 0 Å². The molecule has 81 valence electrons. The van der Waals surface area contributed by atoms with Crippen LogP contribution in [-0.2, 0) is 0 Å². The molecule has 5 heteroatoms. The van der Waals surface area contributed by atoms with Gasteiger partial charge in [-0.25, -0.2) is 8.78 Å². The van der Waals surface area contributed by atoms with E-state index in [0.29, 0.717) is 0 Å². The molecule has 14 heavy (non-hydrogen) atoms. The van der Waals surface area contributed by atoms with E-state index in [1.165, 1.54) is 5.73 Å². The summed E-state index contributed by atoms with van der Waals surface area (Å²) in [6, 6.07) is 0. The maximum atomic E-state index is 11.9. The molecular formula is C9H13F4Sn. The maximum absolute atomic E-state index is 11.9. The summed E-state index contributed by atoms with van der Waals surface area (Å²) in [5.41, 5.74) is 1.22. The van der Waals surface area contributed by atoms with Crippen LogP contribution < -0.4 is 0 Å². The van der Waals surface area contributed by atoms with Crippen molar-refractivity contribution >= 4 is 23.9 Å². The van der Waals surface area contributed by atoms with Gasteiger partial charge < -0.3 is 0 Å². The van der Waals surface area contributed by atoms with E-state index in [1.807, 2.05) is 0 Å². The quantitative estimate of drug-likeness (QED) is 0.357. The summed E-state index contributed by atoms with van der Waals surface area (Å²) in [5.74, 6) is -4.48. The van der Waals surface area contributed by atoms with Crippen molar-refractivity contribution in [2.24, 2.45) is 0 Å². The molecule has 0 fully saturated rings. The summed E-state index contributed by atoms with van der Waals surface area (Å²) < 4.78 is 47.7. The van der Waals surface area contributed by atoms with Gasteiger partial charge in [0.1, 0.15) is 0 Å². The molecule has 0 aliphatic heterocycles. The Labute approximate surface area is 99.3 Å². The largest absolute Gasteiger partial charge is 0.235 e. The molecule has 0 N–H and O–H groups in total. The Kier molecular flexibility index (Phi) is 15.7. The minimum atomic E-state index is -1.51. The van der Waals surface area contributed by atoms with Gasteiger partial charge in [0, 0.05) is 30.0 Å². The first-order valence-electron chi connectivity index (χ1n) is 2.33. The van der Waals surface area contributed by atoms with E-state index in [4.69, 9.17) is 0 Å². The van der Waals surface area contributed by atoms with Crippen LogP contribution in [0.25, 0.3) is 0 Å². The average molecular weight is 316 g/mol. The molecule has 0 unspecified atom stereocenters. The Hall–Kier alpha value is -0.221. The third kappa shape index (κ3) is 5.50. The molecule has 1 aliphatic carbocycles. The first-order valence-corrected chi connectivity index (χ1v) is 2.33. The summed E-state index contributed by atoms with van der Waals surface area (Å²) in [7, 11) is 0. The Morgan fingerprint density at radius 2 is 1.29 bits per heavy atom. The molecule has 0 saturated heterocycles. The van der Waals surface area contributed by atoms with Gasteiger partial charge in [0.2, 0.25) is 12.0 Å². The number of halogens is 4. The van der Waals surface area contributed by atoms with Gasteiger partial charge in [-0.2, -0.15) is 8.78 Å². The van der Waals surface area contributed by atoms with Crippen LogP contribution >= 0.6 is 0 Å². The van der Waals surface area contributed by atoms with Gasteiger partial charge in [0.25, 0.3) is 0 Å². The zero-order chi connectivity index (χ0) is 7.72. The third-order valence-corrected chi connectivity index (χ3v) is 0.892. The van der Waals surface area contributed by atoms with Crippen LogP contribution in [0.5, 0.6) is 0 Å². The molecule has 0 saturated carbocycles. The Morgan fingerprint density at radius 3 is 1.64 bits per heavy atom. The summed E-state index contributed by atoms with van der Waals surface area (Å²) in [6.45, 7) is 0. The third-order valence-electron chi connectivity index (χ3n) is 0.892. The summed E-state index contributed by atoms with van der Waals surface area (Å²) in [5, 5.41) is 0. The van der Waals surface area contributed by atoms with Crippen LogP contribution in [0.15, 0.2) is 29.3 Å². The number of hydrogen-bond acceptors (Lipinski definition) is 0. The van der Waals surface area contributed by atoms with Crippen molar-refractivity contribution in [1.82, 2.24) is 0 Å². The topological polar surface area (TPSA) is 0 Å². The zero-order valence-electron chi connectivity index (χ0n) is 5.09. The van der Waals surface area contributed by atoms with Crippen molar-refractivity contribution in [2.75, 3.05) is 0 Å². The van der Waals surface area contributed by atoms with Gasteiger partial charge in [-0.05, 0) is 5.73 Å². The van der Waals surface area contributed by atoms with Crippen LogP contribution in [0.2, 0.25) is 0 Å². The van der Waals surface area contributed by atoms with Gasteiger partial charge in [0.15, 0.2) is 11.7 Å². The SMILES string of the molecule is C.C.C.F[C]1C=C(F)C(F)=C=C1F.[Sn]. The molecular weight excluding hydrogens is 303 g/mol. The fourth-order valence-electron chi connectivity index (χ4n) is 0.454. The predicted molar refractivity (Wildman–Crippen MR) is 52.2 cm³/mol. The van der Waals surface area contributed by atoms with Gasteiger partial charge in [-0.15, -0.1) is 0 Å². The van der Waals surface area contributed by atoms with E-state index < -0.39 is 23.7 Å². The second-order valence-corrected chi connectivity index (χ2v) is 1.59. The zero-order valence-corrected chi connectivity index (χ0v) is 7.94. The van der Waals surface area contributed by atoms with E-state index in [0.717, 1.165) is 0 Å². The summed E-state index contributed by atoms with van der Waals surface area (Å²) in [6.07, 6.45) is -1.32. The number of allylic oxidation sites excluding steroid dienone is 3. The van der Waals surface area contributed by atoms with E-state index in [-0.39, 0.29) is 52.3 Å². The molecule has 0 nitrogen and oxygen atoms in total. The second-order valence-electron chi connectivity index (χ2n) is 1.59. The van der Waals surface area contributed by atoms with Crippen LogP contribution in [0.1, 0.15) is 22.3 Å². The molecule has 0 heterocycles. The maximum Gasteiger partial charge on any atom is 0.235 e. The Balaban J connectivity index is -0.000000125. The van der Waals surface area contributed by atoms with E-state index in [1.54, 1.807) is 0 Å². The standard InChI is InChI=1S/C6HF4.3CH4.Sn/c7-3-1-4(8)6(10)2-5(3)9;;;;/h1H;3*1H4;. The van der Waals surface area contributed by atoms with E-state index >= 15 is 0 Å². The van der Waals surface area contributed by atoms with Crippen molar-refractivity contribution in [3.05, 3.63) is 35.5 Å². The van der Waals surface area contributed by atoms with E-state index in [9.17, 15) is 17.6 Å². The molecule has 0 atom stereocenters. The van der Waals surface area contributed by atoms with Crippen LogP contribution in [0.3, 0.4) is 0 Å². The monoisotopic (exact) mass is 317 g/mol. The van der Waals surface area contributed by atoms with Crippen LogP contribution in [-0.4, -0.2) is 23.9 Å². The average Bonchev–Trinajstić information content (AvgIpc) is 1.84. The van der Waals surface area contributed by atoms with Crippen molar-refractivity contribution in [3.8, 4) is 0 Å². The molecule has 0 aromatic carbocycles. The van der Waals surface area contributed by atoms with Crippen molar-refractivity contribution < 1.29 is 17.6 Å². The predicted octanol–water partition coefficient (Wildman–Crippen LogP) is 4.19. The first kappa shape index (κ1) is 23.5. The summed E-state index contributed by atoms with van der Waals surface area (Å²) >= 11 is 0. The Morgan fingerprint density at radius 1 is 0.857 bits per heavy atom. The van der Waals surface area contributed by atoms with Crippen molar-refractivity contribution in [1.29, 1.82) is 0 Å². The minimum absolute atomic E-state index is 0. The number of hydrogen-bond donors (Lipinski definition) is 0. The normalized spacial score (nSPS) is 14.1. The molecule has 0 bridgehead atoms. The number of rotatable bonds is 0. The van der Waals surface area contributed by atoms with Crippen molar-refractivity contribution in [2.45, 2.75) is 22.3 Å². The van der Waals surface area contributed by atoms with Gasteiger partial charge in [0.05, 0.1) is 0 Å². The van der Waals surface area contributed by atoms with Crippen LogP contribution in [0, 0.1) is 6.17 Å². The van der Waals surface area contributed by atoms with Crippen molar-refractivity contribution in [3.63, 3.8) is 0 Å². The van der Waals surface area contributed by atoms with Crippen LogP contribution in [0.4, 0.5) is 17.6 Å². The molecule has 0 spiro atoms. The molecule has 0 aromatic heterocycles. The smallest absolute Gasteiger partial charge is 0.226 e. The molecule has 5 radical (unpaired) electrons. The van der Waals surface area contributed by atoms with E-state index in [2.05, 4.69) is 0 Å². The van der Waals surface area contributed by atoms with Gasteiger partial charge in [-0.3, -0.25) is 0 Å². The minimum Gasteiger partial charge on any atom is -0.226 e. The van der Waals surface area contributed by atoms with Gasteiger partial charge in [-0.1, -0.05) is 22.3 Å². The molecule has 1 aliphatic rings. The molecule has 0 aromatic rings. The molecule has 0 amide bonds. The fourth-order valence-corrected chi connectivity index (χ4v) is 0.454. The fraction of sp³-hybridized carbons (Fsp3) is 0.333. The first-order chi connectivity index (χ1) is 4.61. The Bertz CT molecular complexity index is 252.